The predicted octanol–water partition coefficient (Wildman–Crippen LogP) is 4.57. The fourth-order valence-corrected chi connectivity index (χ4v) is 2.33. The molecule has 0 saturated heterocycles. The zero-order valence-corrected chi connectivity index (χ0v) is 13.6. The molecule has 0 aliphatic heterocycles. The Morgan fingerprint density at radius 3 is 2.76 bits per heavy atom. The molecule has 0 fully saturated rings. The minimum Gasteiger partial charge on any atom is -0.489 e. The molecule has 5 heteroatoms. The topological polar surface area (TPSA) is 47.3 Å². The van der Waals surface area contributed by atoms with Gasteiger partial charge in [0.2, 0.25) is 0 Å². The number of nitrogens with two attached hydrogens (primary N) is 1. The minimum atomic E-state index is -0.251. The number of nitrogen functional groups attached to an aromatic ring is 1. The van der Waals surface area contributed by atoms with E-state index in [4.69, 9.17) is 10.5 Å². The molecule has 0 radical (unpaired) electrons. The fraction of sp³-hybridized carbons (Fsp3) is 0.250. The van der Waals surface area contributed by atoms with Crippen molar-refractivity contribution < 1.29 is 9.13 Å². The van der Waals surface area contributed by atoms with Crippen LogP contribution in [0.1, 0.15) is 19.4 Å². The molecule has 3 N–H and O–H groups in total. The van der Waals surface area contributed by atoms with E-state index in [1.54, 1.807) is 12.1 Å². The lowest BCUT2D eigenvalue weighted by molar-refractivity contribution is 0.244. The molecule has 0 atom stereocenters. The molecule has 2 rings (SSSR count). The van der Waals surface area contributed by atoms with Gasteiger partial charge in [-0.1, -0.05) is 22.0 Å². The summed E-state index contributed by atoms with van der Waals surface area (Å²) in [7, 11) is 0. The van der Waals surface area contributed by atoms with Gasteiger partial charge in [0.05, 0.1) is 17.5 Å². The molecule has 0 saturated carbocycles. The third-order valence-corrected chi connectivity index (χ3v) is 3.40. The van der Waals surface area contributed by atoms with E-state index in [9.17, 15) is 4.39 Å². The minimum absolute atomic E-state index is 0.0464. The van der Waals surface area contributed by atoms with Crippen LogP contribution in [-0.2, 0) is 6.54 Å². The van der Waals surface area contributed by atoms with Crippen molar-refractivity contribution in [2.45, 2.75) is 26.5 Å². The molecular weight excluding hydrogens is 335 g/mol. The third-order valence-electron chi connectivity index (χ3n) is 2.91. The maximum atomic E-state index is 13.7. The fourth-order valence-electron chi connectivity index (χ4n) is 1.92. The molecule has 0 heterocycles. The lowest BCUT2D eigenvalue weighted by atomic mass is 10.2. The van der Waals surface area contributed by atoms with Crippen LogP contribution in [0, 0.1) is 5.82 Å². The van der Waals surface area contributed by atoms with E-state index in [1.807, 2.05) is 32.0 Å². The van der Waals surface area contributed by atoms with Gasteiger partial charge in [-0.15, -0.1) is 0 Å². The third kappa shape index (κ3) is 4.11. The quantitative estimate of drug-likeness (QED) is 0.774. The SMILES string of the molecule is CC(C)Oc1cccc(NCc2cc(Br)ccc2F)c1N. The standard InChI is InChI=1S/C16H18BrFN2O/c1-10(2)21-15-5-3-4-14(16(15)19)20-9-11-8-12(17)6-7-13(11)18/h3-8,10,20H,9,19H2,1-2H3. The van der Waals surface area contributed by atoms with Crippen molar-refractivity contribution >= 4 is 27.3 Å². The van der Waals surface area contributed by atoms with Crippen molar-refractivity contribution in [2.24, 2.45) is 0 Å². The van der Waals surface area contributed by atoms with Gasteiger partial charge in [0.1, 0.15) is 11.6 Å². The zero-order valence-electron chi connectivity index (χ0n) is 12.0. The number of hydrogen-bond acceptors (Lipinski definition) is 3. The normalized spacial score (nSPS) is 10.7. The summed E-state index contributed by atoms with van der Waals surface area (Å²) in [6.07, 6.45) is 0.0464. The molecule has 0 aromatic heterocycles. The second kappa shape index (κ2) is 6.80. The van der Waals surface area contributed by atoms with Crippen molar-refractivity contribution in [3.8, 4) is 5.75 Å². The van der Waals surface area contributed by atoms with E-state index in [2.05, 4.69) is 21.2 Å². The van der Waals surface area contributed by atoms with Crippen molar-refractivity contribution in [2.75, 3.05) is 11.1 Å². The number of benzene rings is 2. The van der Waals surface area contributed by atoms with Crippen LogP contribution in [0.4, 0.5) is 15.8 Å². The Balaban J connectivity index is 2.15. The van der Waals surface area contributed by atoms with Gasteiger partial charge in [0.25, 0.3) is 0 Å². The molecule has 0 amide bonds. The smallest absolute Gasteiger partial charge is 0.144 e. The van der Waals surface area contributed by atoms with Gasteiger partial charge < -0.3 is 15.8 Å². The Kier molecular flexibility index (Phi) is 5.07. The molecule has 0 spiro atoms. The number of nitrogens with one attached hydrogen (secondary N) is 1. The highest BCUT2D eigenvalue weighted by Gasteiger charge is 2.09. The van der Waals surface area contributed by atoms with Crippen LogP contribution in [-0.4, -0.2) is 6.10 Å². The lowest BCUT2D eigenvalue weighted by Gasteiger charge is -2.16. The molecule has 0 unspecified atom stereocenters. The van der Waals surface area contributed by atoms with E-state index in [1.165, 1.54) is 6.07 Å². The molecule has 0 aliphatic rings. The Labute approximate surface area is 132 Å². The summed E-state index contributed by atoms with van der Waals surface area (Å²) in [4.78, 5) is 0. The average molecular weight is 353 g/mol. The molecule has 21 heavy (non-hydrogen) atoms. The van der Waals surface area contributed by atoms with Crippen molar-refractivity contribution in [3.63, 3.8) is 0 Å². The van der Waals surface area contributed by atoms with Gasteiger partial charge in [-0.3, -0.25) is 0 Å². The van der Waals surface area contributed by atoms with E-state index in [-0.39, 0.29) is 11.9 Å². The van der Waals surface area contributed by atoms with E-state index < -0.39 is 0 Å². The first kappa shape index (κ1) is 15.6. The summed E-state index contributed by atoms with van der Waals surface area (Å²) in [5.41, 5.74) is 7.90. The summed E-state index contributed by atoms with van der Waals surface area (Å²) in [5.74, 6) is 0.378. The summed E-state index contributed by atoms with van der Waals surface area (Å²) >= 11 is 3.34. The highest BCUT2D eigenvalue weighted by atomic mass is 79.9. The molecule has 3 nitrogen and oxygen atoms in total. The van der Waals surface area contributed by atoms with Crippen LogP contribution in [0.2, 0.25) is 0 Å². The van der Waals surface area contributed by atoms with Gasteiger partial charge in [0, 0.05) is 16.6 Å². The maximum Gasteiger partial charge on any atom is 0.144 e. The van der Waals surface area contributed by atoms with Crippen LogP contribution >= 0.6 is 15.9 Å². The molecule has 0 bridgehead atoms. The predicted molar refractivity (Wildman–Crippen MR) is 88.0 cm³/mol. The Morgan fingerprint density at radius 1 is 1.29 bits per heavy atom. The average Bonchev–Trinajstić information content (AvgIpc) is 2.43. The van der Waals surface area contributed by atoms with Crippen molar-refractivity contribution in [3.05, 3.63) is 52.3 Å². The highest BCUT2D eigenvalue weighted by molar-refractivity contribution is 9.10. The molecule has 2 aromatic carbocycles. The summed E-state index contributed by atoms with van der Waals surface area (Å²) in [6, 6.07) is 10.4. The van der Waals surface area contributed by atoms with Crippen LogP contribution in [0.5, 0.6) is 5.75 Å². The number of halogens is 2. The van der Waals surface area contributed by atoms with Crippen LogP contribution in [0.3, 0.4) is 0 Å². The number of para-hydroxylation sites is 1. The van der Waals surface area contributed by atoms with E-state index in [0.717, 1.165) is 10.2 Å². The lowest BCUT2D eigenvalue weighted by Crippen LogP contribution is -2.09. The first-order valence-electron chi connectivity index (χ1n) is 6.70. The zero-order chi connectivity index (χ0) is 15.4. The Bertz CT molecular complexity index is 632. The molecule has 112 valence electrons. The number of anilines is 2. The second-order valence-electron chi connectivity index (χ2n) is 4.97. The number of hydrogen-bond donors (Lipinski definition) is 2. The van der Waals surface area contributed by atoms with Crippen LogP contribution < -0.4 is 15.8 Å². The molecule has 0 aliphatic carbocycles. The molecular formula is C16H18BrFN2O. The Hall–Kier alpha value is -1.75. The summed E-state index contributed by atoms with van der Waals surface area (Å²) in [6.45, 7) is 4.23. The van der Waals surface area contributed by atoms with Crippen LogP contribution in [0.15, 0.2) is 40.9 Å². The van der Waals surface area contributed by atoms with Crippen LogP contribution in [0.25, 0.3) is 0 Å². The highest BCUT2D eigenvalue weighted by Crippen LogP contribution is 2.30. The summed E-state index contributed by atoms with van der Waals surface area (Å²) < 4.78 is 20.2. The van der Waals surface area contributed by atoms with Gasteiger partial charge in [0.15, 0.2) is 0 Å². The van der Waals surface area contributed by atoms with Crippen molar-refractivity contribution in [1.82, 2.24) is 0 Å². The van der Waals surface area contributed by atoms with Gasteiger partial charge in [-0.05, 0) is 44.2 Å². The Morgan fingerprint density at radius 2 is 2.05 bits per heavy atom. The molecule has 2 aromatic rings. The number of ether oxygens (including phenoxy) is 1. The first-order chi connectivity index (χ1) is 9.97. The van der Waals surface area contributed by atoms with Gasteiger partial charge in [-0.25, -0.2) is 4.39 Å². The largest absolute Gasteiger partial charge is 0.489 e. The van der Waals surface area contributed by atoms with E-state index >= 15 is 0 Å². The number of rotatable bonds is 5. The maximum absolute atomic E-state index is 13.7. The van der Waals surface area contributed by atoms with Gasteiger partial charge in [-0.2, -0.15) is 0 Å². The monoisotopic (exact) mass is 352 g/mol. The summed E-state index contributed by atoms with van der Waals surface area (Å²) in [5, 5.41) is 3.15. The second-order valence-corrected chi connectivity index (χ2v) is 5.89. The van der Waals surface area contributed by atoms with E-state index in [0.29, 0.717) is 23.5 Å². The first-order valence-corrected chi connectivity index (χ1v) is 7.49. The van der Waals surface area contributed by atoms with Gasteiger partial charge >= 0.3 is 0 Å². The van der Waals surface area contributed by atoms with Crippen molar-refractivity contribution in [1.29, 1.82) is 0 Å².